The van der Waals surface area contributed by atoms with Crippen LogP contribution in [0.3, 0.4) is 0 Å². The number of hydrogen-bond acceptors (Lipinski definition) is 4. The van der Waals surface area contributed by atoms with Gasteiger partial charge in [0.15, 0.2) is 5.11 Å². The molecule has 2 aromatic carbocycles. The second kappa shape index (κ2) is 9.84. The molecule has 0 spiro atoms. The molecule has 3 N–H and O–H groups in total. The number of nitrogens with one attached hydrogen (secondary N) is 3. The van der Waals surface area contributed by atoms with Crippen LogP contribution in [0.4, 0.5) is 11.4 Å². The van der Waals surface area contributed by atoms with Gasteiger partial charge in [-0.05, 0) is 48.8 Å². The molecule has 0 aromatic heterocycles. The fraction of sp³-hybridized carbons (Fsp3) is 0.222. The van der Waals surface area contributed by atoms with Crippen molar-refractivity contribution < 1.29 is 9.72 Å². The van der Waals surface area contributed by atoms with Crippen LogP contribution in [0.5, 0.6) is 0 Å². The van der Waals surface area contributed by atoms with Crippen molar-refractivity contribution in [3.05, 3.63) is 68.7 Å². The van der Waals surface area contributed by atoms with Crippen LogP contribution in [0.25, 0.3) is 0 Å². The van der Waals surface area contributed by atoms with E-state index in [1.165, 1.54) is 17.7 Å². The predicted octanol–water partition coefficient (Wildman–Crippen LogP) is 4.22. The highest BCUT2D eigenvalue weighted by Gasteiger charge is 2.15. The van der Waals surface area contributed by atoms with E-state index in [2.05, 4.69) is 23.1 Å². The maximum atomic E-state index is 12.1. The van der Waals surface area contributed by atoms with E-state index >= 15 is 0 Å². The minimum absolute atomic E-state index is 0.0231. The molecule has 0 fully saturated rings. The average molecular weight is 407 g/mol. The van der Waals surface area contributed by atoms with E-state index in [0.29, 0.717) is 0 Å². The molecule has 0 aliphatic rings. The summed E-state index contributed by atoms with van der Waals surface area (Å²) in [6, 6.07) is 11.5. The molecule has 142 valence electrons. The summed E-state index contributed by atoms with van der Waals surface area (Å²) in [5, 5.41) is 13.8. The van der Waals surface area contributed by atoms with Crippen molar-refractivity contribution in [1.82, 2.24) is 10.9 Å². The average Bonchev–Trinajstić information content (AvgIpc) is 2.65. The van der Waals surface area contributed by atoms with Crippen LogP contribution in [0.15, 0.2) is 42.5 Å². The Balaban J connectivity index is 1.88. The lowest BCUT2D eigenvalue weighted by Gasteiger charge is -2.12. The van der Waals surface area contributed by atoms with E-state index in [0.717, 1.165) is 31.0 Å². The van der Waals surface area contributed by atoms with E-state index in [1.807, 2.05) is 24.3 Å². The van der Waals surface area contributed by atoms with Gasteiger partial charge < -0.3 is 5.32 Å². The molecule has 0 aliphatic heterocycles. The molecule has 0 bridgehead atoms. The summed E-state index contributed by atoms with van der Waals surface area (Å²) in [6.07, 6.45) is 3.32. The first-order chi connectivity index (χ1) is 12.9. The number of hydrazine groups is 1. The number of rotatable bonds is 6. The minimum Gasteiger partial charge on any atom is -0.331 e. The van der Waals surface area contributed by atoms with E-state index in [4.69, 9.17) is 23.8 Å². The monoisotopic (exact) mass is 406 g/mol. The normalized spacial score (nSPS) is 10.1. The lowest BCUT2D eigenvalue weighted by atomic mass is 10.1. The van der Waals surface area contributed by atoms with Crippen molar-refractivity contribution in [2.24, 2.45) is 0 Å². The number of unbranched alkanes of at least 4 members (excludes halogenated alkanes) is 1. The Morgan fingerprint density at radius 1 is 1.19 bits per heavy atom. The summed E-state index contributed by atoms with van der Waals surface area (Å²) in [6.45, 7) is 2.15. The van der Waals surface area contributed by atoms with Gasteiger partial charge in [-0.15, -0.1) is 0 Å². The molecule has 2 aromatic rings. The number of carbonyl (C=O) groups excluding carboxylic acids is 1. The Hall–Kier alpha value is -2.71. The molecule has 7 nitrogen and oxygen atoms in total. The van der Waals surface area contributed by atoms with Gasteiger partial charge in [-0.25, -0.2) is 0 Å². The van der Waals surface area contributed by atoms with Gasteiger partial charge in [-0.3, -0.25) is 25.8 Å². The molecule has 0 unspecified atom stereocenters. The minimum atomic E-state index is -0.585. The van der Waals surface area contributed by atoms with Crippen LogP contribution in [-0.2, 0) is 6.42 Å². The van der Waals surface area contributed by atoms with Crippen molar-refractivity contribution in [2.75, 3.05) is 5.32 Å². The highest BCUT2D eigenvalue weighted by Crippen LogP contribution is 2.22. The van der Waals surface area contributed by atoms with Crippen LogP contribution in [0.2, 0.25) is 5.02 Å². The van der Waals surface area contributed by atoms with Crippen LogP contribution >= 0.6 is 23.8 Å². The van der Waals surface area contributed by atoms with Crippen molar-refractivity contribution >= 4 is 46.2 Å². The summed E-state index contributed by atoms with van der Waals surface area (Å²) in [5.41, 5.74) is 6.92. The van der Waals surface area contributed by atoms with Crippen molar-refractivity contribution in [3.8, 4) is 0 Å². The van der Waals surface area contributed by atoms with Crippen molar-refractivity contribution in [3.63, 3.8) is 0 Å². The number of amides is 1. The number of thiocarbonyl (C=S) groups is 1. The molecule has 0 radical (unpaired) electrons. The second-order valence-corrected chi connectivity index (χ2v) is 6.57. The van der Waals surface area contributed by atoms with Crippen molar-refractivity contribution in [1.29, 1.82) is 0 Å². The Bertz CT molecular complexity index is 843. The number of hydrogen-bond donors (Lipinski definition) is 3. The van der Waals surface area contributed by atoms with Crippen molar-refractivity contribution in [2.45, 2.75) is 26.2 Å². The van der Waals surface area contributed by atoms with Gasteiger partial charge in [0.1, 0.15) is 0 Å². The number of nitrogens with zero attached hydrogens (tertiary/aromatic N) is 1. The zero-order valence-electron chi connectivity index (χ0n) is 14.6. The summed E-state index contributed by atoms with van der Waals surface area (Å²) < 4.78 is 0. The molecule has 0 saturated carbocycles. The van der Waals surface area contributed by atoms with Gasteiger partial charge in [0.25, 0.3) is 11.6 Å². The second-order valence-electron chi connectivity index (χ2n) is 5.75. The number of nitro benzene ring substituents is 1. The first kappa shape index (κ1) is 20.6. The Morgan fingerprint density at radius 2 is 1.89 bits per heavy atom. The summed E-state index contributed by atoms with van der Waals surface area (Å²) in [5.74, 6) is -0.561. The number of non-ortho nitro benzene ring substituents is 1. The summed E-state index contributed by atoms with van der Waals surface area (Å²) in [7, 11) is 0. The molecule has 0 heterocycles. The lowest BCUT2D eigenvalue weighted by molar-refractivity contribution is -0.384. The van der Waals surface area contributed by atoms with Gasteiger partial charge in [-0.2, -0.15) is 0 Å². The topological polar surface area (TPSA) is 96.3 Å². The molecule has 1 amide bonds. The van der Waals surface area contributed by atoms with E-state index in [1.54, 1.807) is 0 Å². The molecule has 9 heteroatoms. The Labute approximate surface area is 167 Å². The van der Waals surface area contributed by atoms with Gasteiger partial charge in [0.2, 0.25) is 0 Å². The summed E-state index contributed by atoms with van der Waals surface area (Å²) >= 11 is 11.1. The quantitative estimate of drug-likeness (QED) is 0.377. The fourth-order valence-corrected chi connectivity index (χ4v) is 2.71. The number of aryl methyl sites for hydroxylation is 1. The number of carbonyl (C=O) groups is 1. The smallest absolute Gasteiger partial charge is 0.271 e. The van der Waals surface area contributed by atoms with Gasteiger partial charge in [0.05, 0.1) is 15.5 Å². The first-order valence-electron chi connectivity index (χ1n) is 8.31. The third-order valence-electron chi connectivity index (χ3n) is 3.73. The molecule has 0 atom stereocenters. The molecule has 0 aliphatic carbocycles. The fourth-order valence-electron chi connectivity index (χ4n) is 2.28. The SMILES string of the molecule is CCCCc1ccc(NC(=S)NNC(=O)c2ccc([N+](=O)[O-])cc2Cl)cc1. The number of benzene rings is 2. The number of nitro groups is 1. The highest BCUT2D eigenvalue weighted by molar-refractivity contribution is 7.80. The van der Waals surface area contributed by atoms with Crippen LogP contribution in [0.1, 0.15) is 35.7 Å². The van der Waals surface area contributed by atoms with Gasteiger partial charge in [-0.1, -0.05) is 37.1 Å². The Morgan fingerprint density at radius 3 is 2.48 bits per heavy atom. The van der Waals surface area contributed by atoms with Gasteiger partial charge >= 0.3 is 0 Å². The van der Waals surface area contributed by atoms with Crippen LogP contribution in [0, 0.1) is 10.1 Å². The third-order valence-corrected chi connectivity index (χ3v) is 4.25. The molecular weight excluding hydrogens is 388 g/mol. The van der Waals surface area contributed by atoms with E-state index < -0.39 is 10.8 Å². The number of halogens is 1. The maximum absolute atomic E-state index is 12.1. The molecular formula is C18H19ClN4O3S. The maximum Gasteiger partial charge on any atom is 0.271 e. The predicted molar refractivity (Wildman–Crippen MR) is 110 cm³/mol. The van der Waals surface area contributed by atoms with Gasteiger partial charge in [0, 0.05) is 17.8 Å². The lowest BCUT2D eigenvalue weighted by Crippen LogP contribution is -2.43. The number of anilines is 1. The zero-order valence-corrected chi connectivity index (χ0v) is 16.2. The van der Waals surface area contributed by atoms with Crippen LogP contribution in [-0.4, -0.2) is 15.9 Å². The first-order valence-corrected chi connectivity index (χ1v) is 9.09. The molecule has 27 heavy (non-hydrogen) atoms. The molecule has 0 saturated heterocycles. The Kier molecular flexibility index (Phi) is 7.51. The van der Waals surface area contributed by atoms with Crippen LogP contribution < -0.4 is 16.2 Å². The van der Waals surface area contributed by atoms with E-state index in [9.17, 15) is 14.9 Å². The third kappa shape index (κ3) is 6.19. The molecule has 2 rings (SSSR count). The summed E-state index contributed by atoms with van der Waals surface area (Å²) in [4.78, 5) is 22.3. The largest absolute Gasteiger partial charge is 0.331 e. The highest BCUT2D eigenvalue weighted by atomic mass is 35.5. The zero-order chi connectivity index (χ0) is 19.8. The van der Waals surface area contributed by atoms with E-state index in [-0.39, 0.29) is 21.4 Å². The standard InChI is InChI=1S/C18H19ClN4O3S/c1-2-3-4-12-5-7-13(8-6-12)20-18(27)22-21-17(24)15-10-9-14(23(25)26)11-16(15)19/h5-11H,2-4H2,1H3,(H,21,24)(H2,20,22,27).